The van der Waals surface area contributed by atoms with Crippen molar-refractivity contribution in [3.05, 3.63) is 55.8 Å². The number of Topliss-reactive ketones (excluding diaryl/α,β-unsaturated/α-hetero) is 1. The van der Waals surface area contributed by atoms with Crippen LogP contribution in [0.3, 0.4) is 0 Å². The maximum Gasteiger partial charge on any atom is 0.168 e. The van der Waals surface area contributed by atoms with Gasteiger partial charge in [-0.05, 0) is 54.7 Å². The quantitative estimate of drug-likeness (QED) is 0.448. The number of hydrogen-bond donors (Lipinski definition) is 2. The summed E-state index contributed by atoms with van der Waals surface area (Å²) in [6.45, 7) is 9.66. The number of carbonyl (C=O) groups is 1. The minimum atomic E-state index is 0.293. The molecule has 0 bridgehead atoms. The fourth-order valence-electron chi connectivity index (χ4n) is 4.22. The van der Waals surface area contributed by atoms with Crippen LogP contribution < -0.4 is 4.72 Å². The average Bonchev–Trinajstić information content (AvgIpc) is 2.91. The first-order chi connectivity index (χ1) is 12.8. The molecule has 1 aromatic heterocycles. The maximum absolute atomic E-state index is 13.4. The van der Waals surface area contributed by atoms with Gasteiger partial charge in [0, 0.05) is 28.3 Å². The summed E-state index contributed by atoms with van der Waals surface area (Å²) >= 11 is 6.01. The summed E-state index contributed by atoms with van der Waals surface area (Å²) in [5.74, 6) is 0.295. The molecular weight excluding hydrogens is 370 g/mol. The van der Waals surface area contributed by atoms with Crippen molar-refractivity contribution >= 4 is 29.9 Å². The van der Waals surface area contributed by atoms with Crippen molar-refractivity contribution in [2.45, 2.75) is 72.8 Å². The molecule has 4 heteroatoms. The number of fused-ring (bicyclic) bond motifs is 1. The van der Waals surface area contributed by atoms with Gasteiger partial charge in [-0.25, -0.2) is 0 Å². The maximum atomic E-state index is 13.4. The van der Waals surface area contributed by atoms with E-state index in [1.807, 2.05) is 11.3 Å². The first-order valence-electron chi connectivity index (χ1n) is 9.96. The summed E-state index contributed by atoms with van der Waals surface area (Å²) in [6.07, 6.45) is 5.97. The number of rotatable bonds is 7. The van der Waals surface area contributed by atoms with Gasteiger partial charge < -0.3 is 0 Å². The molecule has 0 amide bonds. The zero-order chi connectivity index (χ0) is 19.6. The molecule has 1 aromatic carbocycles. The molecule has 2 aromatic rings. The fourth-order valence-corrected chi connectivity index (χ4v) is 5.85. The zero-order valence-electron chi connectivity index (χ0n) is 16.9. The largest absolute Gasteiger partial charge is 0.294 e. The first kappa shape index (κ1) is 20.6. The number of nitrogens with one attached hydrogen (secondary N) is 1. The summed E-state index contributed by atoms with van der Waals surface area (Å²) < 4.78 is 2.91. The Morgan fingerprint density at radius 2 is 2.00 bits per heavy atom. The van der Waals surface area contributed by atoms with Gasteiger partial charge in [0.15, 0.2) is 5.78 Å². The number of benzene rings is 1. The standard InChI is InChI=1S/C23H31NOS2/c1-5-6-21-22(18-13-23(3,4)8-7-20(18)27-21)19(25)12-16-9-15(2)10-17(11-16)14-24-26/h9-11,24,26H,5-8,12-14H2,1-4H3. The summed E-state index contributed by atoms with van der Waals surface area (Å²) in [5.41, 5.74) is 6.18. The lowest BCUT2D eigenvalue weighted by Gasteiger charge is -2.30. The monoisotopic (exact) mass is 401 g/mol. The molecule has 2 nitrogen and oxygen atoms in total. The van der Waals surface area contributed by atoms with Crippen LogP contribution in [0.4, 0.5) is 0 Å². The molecule has 0 spiro atoms. The van der Waals surface area contributed by atoms with E-state index in [0.29, 0.717) is 24.2 Å². The summed E-state index contributed by atoms with van der Waals surface area (Å²) in [4.78, 5) is 16.2. The van der Waals surface area contributed by atoms with Crippen LogP contribution >= 0.6 is 24.2 Å². The number of thiol groups is 1. The van der Waals surface area contributed by atoms with Crippen LogP contribution in [-0.2, 0) is 32.2 Å². The number of aryl methyl sites for hydroxylation is 3. The molecule has 3 rings (SSSR count). The lowest BCUT2D eigenvalue weighted by molar-refractivity contribution is 0.0991. The van der Waals surface area contributed by atoms with Gasteiger partial charge >= 0.3 is 0 Å². The second-order valence-corrected chi connectivity index (χ2v) is 10.2. The molecule has 1 aliphatic rings. The highest BCUT2D eigenvalue weighted by molar-refractivity contribution is 7.78. The van der Waals surface area contributed by atoms with Crippen molar-refractivity contribution in [3.63, 3.8) is 0 Å². The molecule has 1 heterocycles. The van der Waals surface area contributed by atoms with Gasteiger partial charge in [-0.2, -0.15) is 0 Å². The minimum absolute atomic E-state index is 0.293. The molecular formula is C23H31NOS2. The SMILES string of the molecule is CCCc1sc2c(c1C(=O)Cc1cc(C)cc(CNS)c1)CC(C)(C)CC2. The lowest BCUT2D eigenvalue weighted by atomic mass is 9.75. The number of carbonyl (C=O) groups excluding carboxylic acids is 1. The van der Waals surface area contributed by atoms with Crippen LogP contribution in [0, 0.1) is 12.3 Å². The zero-order valence-corrected chi connectivity index (χ0v) is 18.7. The van der Waals surface area contributed by atoms with Crippen molar-refractivity contribution in [1.82, 2.24) is 4.72 Å². The Balaban J connectivity index is 1.94. The van der Waals surface area contributed by atoms with Crippen molar-refractivity contribution in [3.8, 4) is 0 Å². The fraction of sp³-hybridized carbons (Fsp3) is 0.522. The molecule has 0 saturated carbocycles. The van der Waals surface area contributed by atoms with Crippen molar-refractivity contribution in [2.75, 3.05) is 0 Å². The highest BCUT2D eigenvalue weighted by Gasteiger charge is 2.32. The Morgan fingerprint density at radius 1 is 1.26 bits per heavy atom. The molecule has 0 fully saturated rings. The number of ketones is 1. The van der Waals surface area contributed by atoms with Crippen LogP contribution in [0.25, 0.3) is 0 Å². The van der Waals surface area contributed by atoms with Crippen molar-refractivity contribution < 1.29 is 4.79 Å². The Labute approximate surface area is 173 Å². The van der Waals surface area contributed by atoms with Gasteiger partial charge in [0.2, 0.25) is 0 Å². The normalized spacial score (nSPS) is 15.6. The van der Waals surface area contributed by atoms with Crippen LogP contribution in [0.2, 0.25) is 0 Å². The molecule has 0 aliphatic heterocycles. The third kappa shape index (κ3) is 4.85. The Bertz CT molecular complexity index is 835. The second-order valence-electron chi connectivity index (χ2n) is 8.65. The molecule has 146 valence electrons. The summed E-state index contributed by atoms with van der Waals surface area (Å²) in [6, 6.07) is 6.42. The topological polar surface area (TPSA) is 29.1 Å². The molecule has 0 atom stereocenters. The molecule has 0 saturated heterocycles. The van der Waals surface area contributed by atoms with Crippen LogP contribution in [0.15, 0.2) is 18.2 Å². The Kier molecular flexibility index (Phi) is 6.50. The van der Waals surface area contributed by atoms with Gasteiger partial charge in [0.1, 0.15) is 0 Å². The van der Waals surface area contributed by atoms with Crippen molar-refractivity contribution in [2.24, 2.45) is 5.41 Å². The number of thiophene rings is 1. The van der Waals surface area contributed by atoms with Crippen LogP contribution in [0.5, 0.6) is 0 Å². The first-order valence-corrected chi connectivity index (χ1v) is 11.2. The van der Waals surface area contributed by atoms with E-state index >= 15 is 0 Å². The predicted molar refractivity (Wildman–Crippen MR) is 119 cm³/mol. The van der Waals surface area contributed by atoms with E-state index in [1.54, 1.807) is 0 Å². The second kappa shape index (κ2) is 8.50. The van der Waals surface area contributed by atoms with E-state index in [-0.39, 0.29) is 0 Å². The Morgan fingerprint density at radius 3 is 2.70 bits per heavy atom. The predicted octanol–water partition coefficient (Wildman–Crippen LogP) is 5.88. The van der Waals surface area contributed by atoms with Gasteiger partial charge in [-0.15, -0.1) is 11.3 Å². The molecule has 27 heavy (non-hydrogen) atoms. The van der Waals surface area contributed by atoms with Gasteiger partial charge in [-0.3, -0.25) is 9.52 Å². The third-order valence-electron chi connectivity index (χ3n) is 5.45. The average molecular weight is 402 g/mol. The van der Waals surface area contributed by atoms with Crippen LogP contribution in [-0.4, -0.2) is 5.78 Å². The van der Waals surface area contributed by atoms with Crippen molar-refractivity contribution in [1.29, 1.82) is 0 Å². The number of hydrogen-bond acceptors (Lipinski definition) is 4. The van der Waals surface area contributed by atoms with E-state index in [9.17, 15) is 4.79 Å². The highest BCUT2D eigenvalue weighted by Crippen LogP contribution is 2.42. The van der Waals surface area contributed by atoms with E-state index < -0.39 is 0 Å². The molecule has 0 unspecified atom stereocenters. The van der Waals surface area contributed by atoms with Crippen LogP contribution in [0.1, 0.15) is 76.0 Å². The lowest BCUT2D eigenvalue weighted by Crippen LogP contribution is -2.23. The summed E-state index contributed by atoms with van der Waals surface area (Å²) in [5, 5.41) is 0. The highest BCUT2D eigenvalue weighted by atomic mass is 32.1. The Hall–Kier alpha value is -1.10. The van der Waals surface area contributed by atoms with Gasteiger partial charge in [0.25, 0.3) is 0 Å². The van der Waals surface area contributed by atoms with Gasteiger partial charge in [-0.1, -0.05) is 63.8 Å². The smallest absolute Gasteiger partial charge is 0.168 e. The third-order valence-corrected chi connectivity index (χ3v) is 6.96. The molecule has 1 N–H and O–H groups in total. The van der Waals surface area contributed by atoms with E-state index in [2.05, 4.69) is 63.4 Å². The van der Waals surface area contributed by atoms with E-state index in [1.165, 1.54) is 32.9 Å². The van der Waals surface area contributed by atoms with Gasteiger partial charge in [0.05, 0.1) is 0 Å². The molecule has 0 radical (unpaired) electrons. The minimum Gasteiger partial charge on any atom is -0.294 e. The van der Waals surface area contributed by atoms with E-state index in [0.717, 1.165) is 36.8 Å². The summed E-state index contributed by atoms with van der Waals surface area (Å²) in [7, 11) is 0. The van der Waals surface area contributed by atoms with E-state index in [4.69, 9.17) is 0 Å². The molecule has 1 aliphatic carbocycles.